The highest BCUT2D eigenvalue weighted by Crippen LogP contribution is 2.07. The topological polar surface area (TPSA) is 231 Å². The number of carboxylic acids is 2. The molecule has 0 aliphatic heterocycles. The molecule has 0 fully saturated rings. The normalized spacial score (nSPS) is 14.4. The van der Waals surface area contributed by atoms with Gasteiger partial charge in [0.1, 0.15) is 12.1 Å². The largest absolute Gasteiger partial charge is 0.481 e. The number of hydrogen-bond donors (Lipinski definition) is 7. The maximum Gasteiger partial charge on any atom is 0.326 e. The van der Waals surface area contributed by atoms with Gasteiger partial charge in [-0.15, -0.1) is 0 Å². The Labute approximate surface area is 179 Å². The van der Waals surface area contributed by atoms with Gasteiger partial charge >= 0.3 is 11.9 Å². The molecule has 0 aliphatic rings. The molecule has 0 saturated carbocycles. The van der Waals surface area contributed by atoms with E-state index >= 15 is 0 Å². The van der Waals surface area contributed by atoms with Crippen LogP contribution in [0.5, 0.6) is 0 Å². The van der Waals surface area contributed by atoms with E-state index < -0.39 is 66.7 Å². The van der Waals surface area contributed by atoms with E-state index in [9.17, 15) is 28.8 Å². The molecule has 0 bridgehead atoms. The summed E-state index contributed by atoms with van der Waals surface area (Å²) in [5.41, 5.74) is 10.8. The molecular formula is C18H31N5O8. The van der Waals surface area contributed by atoms with Crippen LogP contribution in [0.3, 0.4) is 0 Å². The number of hydrogen-bond acceptors (Lipinski definition) is 7. The molecule has 4 atom stereocenters. The average molecular weight is 445 g/mol. The Hall–Kier alpha value is -3.22. The smallest absolute Gasteiger partial charge is 0.326 e. The molecular weight excluding hydrogens is 414 g/mol. The first-order valence-corrected chi connectivity index (χ1v) is 9.74. The van der Waals surface area contributed by atoms with Crippen LogP contribution in [0, 0.1) is 5.92 Å². The van der Waals surface area contributed by atoms with Crippen LogP contribution < -0.4 is 27.4 Å². The van der Waals surface area contributed by atoms with Crippen molar-refractivity contribution in [3.63, 3.8) is 0 Å². The highest BCUT2D eigenvalue weighted by atomic mass is 16.4. The van der Waals surface area contributed by atoms with Crippen molar-refractivity contribution in [2.75, 3.05) is 6.54 Å². The Bertz CT molecular complexity index is 684. The second-order valence-corrected chi connectivity index (χ2v) is 7.09. The molecule has 0 aromatic rings. The lowest BCUT2D eigenvalue weighted by Gasteiger charge is -2.23. The van der Waals surface area contributed by atoms with Crippen molar-refractivity contribution in [3.8, 4) is 0 Å². The predicted octanol–water partition coefficient (Wildman–Crippen LogP) is -2.34. The molecule has 0 heterocycles. The average Bonchev–Trinajstić information content (AvgIpc) is 2.70. The van der Waals surface area contributed by atoms with Gasteiger partial charge in [0.25, 0.3) is 0 Å². The van der Waals surface area contributed by atoms with E-state index in [4.69, 9.17) is 21.7 Å². The first-order chi connectivity index (χ1) is 14.4. The van der Waals surface area contributed by atoms with Crippen LogP contribution in [0.4, 0.5) is 0 Å². The van der Waals surface area contributed by atoms with Gasteiger partial charge in [0.2, 0.25) is 23.6 Å². The van der Waals surface area contributed by atoms with E-state index in [-0.39, 0.29) is 25.2 Å². The summed E-state index contributed by atoms with van der Waals surface area (Å²) in [6.07, 6.45) is -0.533. The fourth-order valence-corrected chi connectivity index (χ4v) is 2.40. The number of primary amides is 1. The lowest BCUT2D eigenvalue weighted by molar-refractivity contribution is -0.142. The lowest BCUT2D eigenvalue weighted by Crippen LogP contribution is -2.54. The Kier molecular flexibility index (Phi) is 12.5. The van der Waals surface area contributed by atoms with Gasteiger partial charge in [0.15, 0.2) is 0 Å². The van der Waals surface area contributed by atoms with Crippen LogP contribution in [-0.2, 0) is 28.8 Å². The van der Waals surface area contributed by atoms with Gasteiger partial charge in [-0.25, -0.2) is 4.79 Å². The quantitative estimate of drug-likeness (QED) is 0.143. The van der Waals surface area contributed by atoms with Crippen LogP contribution in [0.2, 0.25) is 0 Å². The molecule has 0 aliphatic carbocycles. The van der Waals surface area contributed by atoms with Crippen molar-refractivity contribution in [2.24, 2.45) is 17.4 Å². The molecule has 31 heavy (non-hydrogen) atoms. The van der Waals surface area contributed by atoms with Crippen molar-refractivity contribution in [1.29, 1.82) is 0 Å². The fourth-order valence-electron chi connectivity index (χ4n) is 2.40. The SMILES string of the molecule is CC[C@H](C)[C@H](N)C(=O)N[C@@H](CCC(=O)O)C(=O)NCC(=O)N[C@@H](CCC(N)=O)C(=O)O. The van der Waals surface area contributed by atoms with E-state index in [2.05, 4.69) is 16.0 Å². The van der Waals surface area contributed by atoms with E-state index in [1.54, 1.807) is 6.92 Å². The second kappa shape index (κ2) is 13.9. The Balaban J connectivity index is 4.94. The number of carbonyl (C=O) groups excluding carboxylic acids is 4. The Morgan fingerprint density at radius 1 is 0.903 bits per heavy atom. The van der Waals surface area contributed by atoms with E-state index in [1.165, 1.54) is 0 Å². The summed E-state index contributed by atoms with van der Waals surface area (Å²) in [6, 6.07) is -3.54. The molecule has 0 saturated heterocycles. The molecule has 176 valence electrons. The van der Waals surface area contributed by atoms with Gasteiger partial charge in [-0.1, -0.05) is 20.3 Å². The third kappa shape index (κ3) is 11.5. The van der Waals surface area contributed by atoms with Crippen molar-refractivity contribution < 1.29 is 39.0 Å². The van der Waals surface area contributed by atoms with Gasteiger partial charge in [-0.3, -0.25) is 24.0 Å². The van der Waals surface area contributed by atoms with Gasteiger partial charge in [-0.05, 0) is 18.8 Å². The number of carbonyl (C=O) groups is 6. The van der Waals surface area contributed by atoms with Crippen LogP contribution >= 0.6 is 0 Å². The van der Waals surface area contributed by atoms with E-state index in [0.717, 1.165) is 0 Å². The van der Waals surface area contributed by atoms with Crippen LogP contribution in [0.25, 0.3) is 0 Å². The lowest BCUT2D eigenvalue weighted by atomic mass is 9.98. The summed E-state index contributed by atoms with van der Waals surface area (Å²) < 4.78 is 0. The predicted molar refractivity (Wildman–Crippen MR) is 107 cm³/mol. The highest BCUT2D eigenvalue weighted by Gasteiger charge is 2.27. The summed E-state index contributed by atoms with van der Waals surface area (Å²) in [6.45, 7) is 2.95. The summed E-state index contributed by atoms with van der Waals surface area (Å²) in [5.74, 6) is -5.80. The van der Waals surface area contributed by atoms with E-state index in [1.807, 2.05) is 6.92 Å². The molecule has 0 unspecified atom stereocenters. The first-order valence-electron chi connectivity index (χ1n) is 9.74. The molecule has 0 rings (SSSR count). The standard InChI is InChI=1S/C18H31N5O8/c1-3-9(2)15(20)17(29)23-10(5-7-14(26)27)16(28)21-8-13(25)22-11(18(30)31)4-6-12(19)24/h9-11,15H,3-8,20H2,1-2H3,(H2,19,24)(H,21,28)(H,22,25)(H,23,29)(H,26,27)(H,30,31)/t9-,10-,11-,15-/m0/s1. The van der Waals surface area contributed by atoms with Gasteiger partial charge in [0.05, 0.1) is 12.6 Å². The third-order valence-corrected chi connectivity index (χ3v) is 4.58. The van der Waals surface area contributed by atoms with Crippen LogP contribution in [-0.4, -0.2) is 70.5 Å². The van der Waals surface area contributed by atoms with Gasteiger partial charge in [-0.2, -0.15) is 0 Å². The molecule has 0 aromatic carbocycles. The van der Waals surface area contributed by atoms with Crippen LogP contribution in [0.1, 0.15) is 46.0 Å². The fraction of sp³-hybridized carbons (Fsp3) is 0.667. The zero-order valence-corrected chi connectivity index (χ0v) is 17.6. The molecule has 13 nitrogen and oxygen atoms in total. The molecule has 0 radical (unpaired) electrons. The van der Waals surface area contributed by atoms with Crippen molar-refractivity contribution >= 4 is 35.6 Å². The Morgan fingerprint density at radius 2 is 1.48 bits per heavy atom. The first kappa shape index (κ1) is 27.8. The summed E-state index contributed by atoms with van der Waals surface area (Å²) in [7, 11) is 0. The summed E-state index contributed by atoms with van der Waals surface area (Å²) in [4.78, 5) is 69.3. The minimum absolute atomic E-state index is 0.178. The third-order valence-electron chi connectivity index (χ3n) is 4.58. The number of nitrogens with two attached hydrogens (primary N) is 2. The maximum atomic E-state index is 12.4. The monoisotopic (exact) mass is 445 g/mol. The zero-order chi connectivity index (χ0) is 24.1. The van der Waals surface area contributed by atoms with Crippen molar-refractivity contribution in [3.05, 3.63) is 0 Å². The number of amides is 4. The summed E-state index contributed by atoms with van der Waals surface area (Å²) >= 11 is 0. The number of carboxylic acid groups (broad SMARTS) is 2. The molecule has 9 N–H and O–H groups in total. The second-order valence-electron chi connectivity index (χ2n) is 7.09. The van der Waals surface area contributed by atoms with E-state index in [0.29, 0.717) is 6.42 Å². The number of aliphatic carboxylic acids is 2. The minimum atomic E-state index is -1.38. The molecule has 0 aromatic heterocycles. The highest BCUT2D eigenvalue weighted by molar-refractivity contribution is 5.93. The van der Waals surface area contributed by atoms with Gasteiger partial charge < -0.3 is 37.6 Å². The van der Waals surface area contributed by atoms with Crippen LogP contribution in [0.15, 0.2) is 0 Å². The Morgan fingerprint density at radius 3 is 1.97 bits per heavy atom. The molecule has 13 heteroatoms. The minimum Gasteiger partial charge on any atom is -0.481 e. The van der Waals surface area contributed by atoms with Crippen molar-refractivity contribution in [2.45, 2.75) is 64.1 Å². The zero-order valence-electron chi connectivity index (χ0n) is 17.6. The number of nitrogens with one attached hydrogen (secondary N) is 3. The maximum absolute atomic E-state index is 12.4. The van der Waals surface area contributed by atoms with Crippen molar-refractivity contribution in [1.82, 2.24) is 16.0 Å². The number of rotatable bonds is 15. The van der Waals surface area contributed by atoms with Gasteiger partial charge in [0, 0.05) is 12.8 Å². The molecule has 0 spiro atoms. The summed E-state index contributed by atoms with van der Waals surface area (Å²) in [5, 5.41) is 24.7. The molecule has 4 amide bonds.